The Labute approximate surface area is 146 Å². The van der Waals surface area contributed by atoms with Crippen LogP contribution in [0.25, 0.3) is 0 Å². The van der Waals surface area contributed by atoms with Crippen molar-refractivity contribution in [2.24, 2.45) is 5.41 Å². The molecule has 3 rings (SSSR count). The molecule has 0 unspecified atom stereocenters. The van der Waals surface area contributed by atoms with Crippen LogP contribution in [0.15, 0.2) is 35.9 Å². The van der Waals surface area contributed by atoms with Gasteiger partial charge in [-0.3, -0.25) is 9.59 Å². The zero-order valence-electron chi connectivity index (χ0n) is 14.4. The van der Waals surface area contributed by atoms with E-state index in [4.69, 9.17) is 9.47 Å². The number of anilines is 1. The molecule has 1 aromatic rings. The van der Waals surface area contributed by atoms with E-state index in [9.17, 15) is 14.4 Å². The van der Waals surface area contributed by atoms with E-state index in [1.807, 2.05) is 0 Å². The second kappa shape index (κ2) is 6.80. The molecule has 0 N–H and O–H groups in total. The van der Waals surface area contributed by atoms with E-state index in [0.717, 1.165) is 17.7 Å². The fourth-order valence-electron chi connectivity index (χ4n) is 3.10. The number of nitrogens with zero attached hydrogens (tertiary/aromatic N) is 1. The van der Waals surface area contributed by atoms with Gasteiger partial charge in [0.2, 0.25) is 0 Å². The number of hydrogen-bond acceptors (Lipinski definition) is 5. The molecule has 0 aliphatic carbocycles. The van der Waals surface area contributed by atoms with Crippen LogP contribution in [-0.4, -0.2) is 37.6 Å². The number of rotatable bonds is 6. The van der Waals surface area contributed by atoms with Gasteiger partial charge in [0.25, 0.3) is 11.8 Å². The van der Waals surface area contributed by atoms with Crippen molar-refractivity contribution in [3.05, 3.63) is 41.5 Å². The van der Waals surface area contributed by atoms with Crippen molar-refractivity contribution in [1.82, 2.24) is 0 Å². The highest BCUT2D eigenvalue weighted by Crippen LogP contribution is 2.33. The molecule has 6 heteroatoms. The molecule has 2 heterocycles. The van der Waals surface area contributed by atoms with Crippen molar-refractivity contribution in [1.29, 1.82) is 0 Å². The number of ether oxygens (including phenoxy) is 2. The summed E-state index contributed by atoms with van der Waals surface area (Å²) in [6, 6.07) is 6.28. The Balaban J connectivity index is 1.63. The average Bonchev–Trinajstić information content (AvgIpc) is 2.82. The summed E-state index contributed by atoms with van der Waals surface area (Å²) >= 11 is 0. The van der Waals surface area contributed by atoms with Gasteiger partial charge >= 0.3 is 5.97 Å². The molecule has 1 aromatic carbocycles. The summed E-state index contributed by atoms with van der Waals surface area (Å²) in [5, 5.41) is 0. The van der Waals surface area contributed by atoms with Gasteiger partial charge in [0.1, 0.15) is 6.61 Å². The molecule has 0 saturated carbocycles. The van der Waals surface area contributed by atoms with E-state index >= 15 is 0 Å². The number of carbonyl (C=O) groups excluding carboxylic acids is 3. The third-order valence-corrected chi connectivity index (χ3v) is 4.57. The Morgan fingerprint density at radius 2 is 1.92 bits per heavy atom. The van der Waals surface area contributed by atoms with Crippen molar-refractivity contribution in [3.8, 4) is 0 Å². The maximum Gasteiger partial charge on any atom is 0.338 e. The average molecular weight is 343 g/mol. The Morgan fingerprint density at radius 3 is 2.40 bits per heavy atom. The first kappa shape index (κ1) is 17.4. The Kier molecular flexibility index (Phi) is 4.72. The molecule has 2 aliphatic rings. The van der Waals surface area contributed by atoms with Gasteiger partial charge < -0.3 is 9.47 Å². The molecule has 0 bridgehead atoms. The third kappa shape index (κ3) is 3.35. The van der Waals surface area contributed by atoms with Crippen LogP contribution in [0.5, 0.6) is 0 Å². The van der Waals surface area contributed by atoms with Gasteiger partial charge in [-0.15, -0.1) is 0 Å². The number of carbonyl (C=O) groups is 3. The van der Waals surface area contributed by atoms with Gasteiger partial charge in [-0.2, -0.15) is 0 Å². The predicted octanol–water partition coefficient (Wildman–Crippen LogP) is 2.48. The second-order valence-electron chi connectivity index (χ2n) is 6.67. The molecule has 1 saturated heterocycles. The van der Waals surface area contributed by atoms with Crippen LogP contribution in [0.1, 0.15) is 37.0 Å². The largest absolute Gasteiger partial charge is 0.461 e. The molecule has 0 aromatic heterocycles. The summed E-state index contributed by atoms with van der Waals surface area (Å²) in [4.78, 5) is 37.2. The molecule has 6 nitrogen and oxygen atoms in total. The summed E-state index contributed by atoms with van der Waals surface area (Å²) in [5.41, 5.74) is 1.17. The molecule has 25 heavy (non-hydrogen) atoms. The maximum absolute atomic E-state index is 12.2. The first-order valence-electron chi connectivity index (χ1n) is 8.37. The van der Waals surface area contributed by atoms with E-state index in [1.54, 1.807) is 31.2 Å². The molecule has 2 amide bonds. The lowest BCUT2D eigenvalue weighted by Gasteiger charge is -2.40. The zero-order valence-corrected chi connectivity index (χ0v) is 14.4. The van der Waals surface area contributed by atoms with E-state index in [1.165, 1.54) is 6.08 Å². The van der Waals surface area contributed by atoms with E-state index < -0.39 is 5.97 Å². The van der Waals surface area contributed by atoms with Crippen molar-refractivity contribution in [2.45, 2.75) is 26.7 Å². The minimum absolute atomic E-state index is 0.0536. The topological polar surface area (TPSA) is 72.9 Å². The van der Waals surface area contributed by atoms with Crippen LogP contribution in [0.4, 0.5) is 5.69 Å². The Hall–Kier alpha value is -2.47. The fourth-order valence-corrected chi connectivity index (χ4v) is 3.10. The lowest BCUT2D eigenvalue weighted by atomic mass is 9.82. The lowest BCUT2D eigenvalue weighted by Crippen LogP contribution is -2.46. The third-order valence-electron chi connectivity index (χ3n) is 4.57. The number of hydrogen-bond donors (Lipinski definition) is 0. The predicted molar refractivity (Wildman–Crippen MR) is 91.1 cm³/mol. The van der Waals surface area contributed by atoms with Gasteiger partial charge in [0.15, 0.2) is 0 Å². The highest BCUT2D eigenvalue weighted by atomic mass is 16.5. The van der Waals surface area contributed by atoms with Crippen LogP contribution in [0.2, 0.25) is 0 Å². The molecule has 0 radical (unpaired) electrons. The van der Waals surface area contributed by atoms with Crippen molar-refractivity contribution >= 4 is 23.5 Å². The number of benzene rings is 1. The smallest absolute Gasteiger partial charge is 0.338 e. The monoisotopic (exact) mass is 343 g/mol. The molecular formula is C19H21NO5. The van der Waals surface area contributed by atoms with Gasteiger partial charge in [0, 0.05) is 11.6 Å². The quantitative estimate of drug-likeness (QED) is 0.586. The highest BCUT2D eigenvalue weighted by molar-refractivity contribution is 6.30. The van der Waals surface area contributed by atoms with Crippen molar-refractivity contribution in [3.63, 3.8) is 0 Å². The minimum Gasteiger partial charge on any atom is -0.461 e. The summed E-state index contributed by atoms with van der Waals surface area (Å²) in [5.74, 6) is -1.13. The van der Waals surface area contributed by atoms with Crippen LogP contribution >= 0.6 is 0 Å². The van der Waals surface area contributed by atoms with Gasteiger partial charge in [0.05, 0.1) is 29.9 Å². The van der Waals surface area contributed by atoms with E-state index in [0.29, 0.717) is 36.6 Å². The van der Waals surface area contributed by atoms with E-state index in [2.05, 4.69) is 6.92 Å². The SMILES string of the molecule is CCCC1(COC(=O)c2ccc(N3C(=O)C=C(C)C3=O)cc2)COC1. The molecule has 2 aliphatic heterocycles. The van der Waals surface area contributed by atoms with Crippen LogP contribution in [-0.2, 0) is 19.1 Å². The minimum atomic E-state index is -0.415. The summed E-state index contributed by atoms with van der Waals surface area (Å²) in [6.07, 6.45) is 3.28. The van der Waals surface area contributed by atoms with Crippen molar-refractivity contribution < 1.29 is 23.9 Å². The molecule has 0 atom stereocenters. The van der Waals surface area contributed by atoms with E-state index in [-0.39, 0.29) is 17.2 Å². The van der Waals surface area contributed by atoms with Crippen LogP contribution in [0.3, 0.4) is 0 Å². The first-order valence-corrected chi connectivity index (χ1v) is 8.37. The lowest BCUT2D eigenvalue weighted by molar-refractivity contribution is -0.142. The fraction of sp³-hybridized carbons (Fsp3) is 0.421. The normalized spacial score (nSPS) is 18.8. The van der Waals surface area contributed by atoms with Gasteiger partial charge in [-0.1, -0.05) is 13.3 Å². The van der Waals surface area contributed by atoms with Crippen molar-refractivity contribution in [2.75, 3.05) is 24.7 Å². The zero-order chi connectivity index (χ0) is 18.0. The highest BCUT2D eigenvalue weighted by Gasteiger charge is 2.39. The summed E-state index contributed by atoms with van der Waals surface area (Å²) < 4.78 is 10.7. The molecule has 1 fully saturated rings. The maximum atomic E-state index is 12.2. The van der Waals surface area contributed by atoms with Gasteiger partial charge in [-0.05, 0) is 37.6 Å². The molecular weight excluding hydrogens is 322 g/mol. The standard InChI is InChI=1S/C19H21NO5/c1-3-8-19(10-24-11-19)12-25-18(23)14-4-6-15(7-5-14)20-16(21)9-13(2)17(20)22/h4-7,9H,3,8,10-12H2,1-2H3. The second-order valence-corrected chi connectivity index (χ2v) is 6.67. The summed E-state index contributed by atoms with van der Waals surface area (Å²) in [7, 11) is 0. The van der Waals surface area contributed by atoms with Gasteiger partial charge in [-0.25, -0.2) is 9.69 Å². The Bertz CT molecular complexity index is 731. The van der Waals surface area contributed by atoms with Crippen LogP contribution < -0.4 is 4.90 Å². The first-order chi connectivity index (χ1) is 12.0. The number of imide groups is 1. The van der Waals surface area contributed by atoms with Crippen LogP contribution in [0, 0.1) is 5.41 Å². The Morgan fingerprint density at radius 1 is 1.24 bits per heavy atom. The molecule has 132 valence electrons. The molecule has 0 spiro atoms. The summed E-state index contributed by atoms with van der Waals surface area (Å²) in [6.45, 7) is 5.28. The number of amides is 2. The number of esters is 1.